The third-order valence-corrected chi connectivity index (χ3v) is 3.02. The number of benzene rings is 1. The van der Waals surface area contributed by atoms with E-state index in [1.54, 1.807) is 14.0 Å². The fraction of sp³-hybridized carbons (Fsp3) is 0.400. The molecule has 0 amide bonds. The van der Waals surface area contributed by atoms with Crippen molar-refractivity contribution in [2.75, 3.05) is 13.7 Å². The predicted molar refractivity (Wildman–Crippen MR) is 70.4 cm³/mol. The molecule has 0 bridgehead atoms. The summed E-state index contributed by atoms with van der Waals surface area (Å²) in [7, 11) is 1.57. The van der Waals surface area contributed by atoms with Gasteiger partial charge < -0.3 is 14.2 Å². The molecule has 4 nitrogen and oxygen atoms in total. The molecular formula is C15H18O4. The highest BCUT2D eigenvalue weighted by molar-refractivity contribution is 5.86. The van der Waals surface area contributed by atoms with Gasteiger partial charge in [-0.1, -0.05) is 30.3 Å². The Kier molecular flexibility index (Phi) is 4.58. The summed E-state index contributed by atoms with van der Waals surface area (Å²) < 4.78 is 15.7. The number of hydrogen-bond acceptors (Lipinski definition) is 4. The highest BCUT2D eigenvalue weighted by atomic mass is 16.7. The van der Waals surface area contributed by atoms with Crippen molar-refractivity contribution in [1.29, 1.82) is 0 Å². The lowest BCUT2D eigenvalue weighted by molar-refractivity contribution is -0.155. The van der Waals surface area contributed by atoms with E-state index in [9.17, 15) is 4.79 Å². The van der Waals surface area contributed by atoms with Gasteiger partial charge in [-0.3, -0.25) is 0 Å². The molecule has 0 spiro atoms. The second-order valence-corrected chi connectivity index (χ2v) is 4.29. The van der Waals surface area contributed by atoms with Crippen molar-refractivity contribution in [1.82, 2.24) is 0 Å². The van der Waals surface area contributed by atoms with Crippen molar-refractivity contribution in [2.24, 2.45) is 0 Å². The standard InChI is InChI=1S/C15H18O4/c1-3-18-15(16)13-9-12(10-14(17-2)19-13)11-7-5-4-6-8-11/h4-9,12,14H,3,10H2,1-2H3/t12-,14+/m0/s1. The molecule has 2 atom stereocenters. The third-order valence-electron chi connectivity index (χ3n) is 3.02. The van der Waals surface area contributed by atoms with Crippen LogP contribution in [0.3, 0.4) is 0 Å². The molecule has 1 aliphatic heterocycles. The summed E-state index contributed by atoms with van der Waals surface area (Å²) in [5.41, 5.74) is 1.13. The van der Waals surface area contributed by atoms with Crippen LogP contribution >= 0.6 is 0 Å². The van der Waals surface area contributed by atoms with E-state index in [0.29, 0.717) is 13.0 Å². The van der Waals surface area contributed by atoms with Crippen molar-refractivity contribution in [3.63, 3.8) is 0 Å². The van der Waals surface area contributed by atoms with Gasteiger partial charge in [0.2, 0.25) is 12.0 Å². The molecule has 1 aromatic carbocycles. The number of allylic oxidation sites excluding steroid dienone is 1. The van der Waals surface area contributed by atoms with Crippen LogP contribution < -0.4 is 0 Å². The minimum Gasteiger partial charge on any atom is -0.460 e. The molecule has 0 radical (unpaired) electrons. The van der Waals surface area contributed by atoms with Crippen molar-refractivity contribution < 1.29 is 19.0 Å². The summed E-state index contributed by atoms with van der Waals surface area (Å²) in [6.45, 7) is 2.09. The number of carbonyl (C=O) groups excluding carboxylic acids is 1. The topological polar surface area (TPSA) is 44.8 Å². The lowest BCUT2D eigenvalue weighted by Gasteiger charge is -2.27. The van der Waals surface area contributed by atoms with E-state index in [0.717, 1.165) is 5.56 Å². The highest BCUT2D eigenvalue weighted by Gasteiger charge is 2.28. The molecule has 2 rings (SSSR count). The molecule has 0 saturated carbocycles. The number of hydrogen-bond donors (Lipinski definition) is 0. The zero-order valence-corrected chi connectivity index (χ0v) is 11.2. The van der Waals surface area contributed by atoms with E-state index >= 15 is 0 Å². The predicted octanol–water partition coefficient (Wildman–Crippen LogP) is 2.61. The number of rotatable bonds is 4. The minimum absolute atomic E-state index is 0.0966. The Morgan fingerprint density at radius 2 is 2.11 bits per heavy atom. The first-order chi connectivity index (χ1) is 9.24. The molecule has 4 heteroatoms. The maximum atomic E-state index is 11.8. The molecule has 0 aromatic heterocycles. The van der Waals surface area contributed by atoms with Gasteiger partial charge in [0.15, 0.2) is 0 Å². The van der Waals surface area contributed by atoms with Gasteiger partial charge in [0, 0.05) is 19.4 Å². The number of carbonyl (C=O) groups is 1. The van der Waals surface area contributed by atoms with Gasteiger partial charge in [-0.15, -0.1) is 0 Å². The SMILES string of the molecule is CCOC(=O)C1=C[C@H](c2ccccc2)C[C@H](OC)O1. The number of esters is 1. The molecule has 1 aromatic rings. The Balaban J connectivity index is 2.23. The van der Waals surface area contributed by atoms with Gasteiger partial charge >= 0.3 is 5.97 Å². The van der Waals surface area contributed by atoms with E-state index < -0.39 is 12.3 Å². The normalized spacial score (nSPS) is 22.3. The van der Waals surface area contributed by atoms with Gasteiger partial charge in [-0.05, 0) is 18.6 Å². The van der Waals surface area contributed by atoms with Crippen LogP contribution in [0.15, 0.2) is 42.2 Å². The Hall–Kier alpha value is -1.81. The average Bonchev–Trinajstić information content (AvgIpc) is 2.48. The maximum absolute atomic E-state index is 11.8. The number of methoxy groups -OCH3 is 1. The van der Waals surface area contributed by atoms with Crippen LogP contribution in [-0.2, 0) is 19.0 Å². The summed E-state index contributed by atoms with van der Waals surface area (Å²) in [6.07, 6.45) is 2.07. The molecule has 0 unspecified atom stereocenters. The zero-order valence-electron chi connectivity index (χ0n) is 11.2. The van der Waals surface area contributed by atoms with Gasteiger partial charge in [0.1, 0.15) is 0 Å². The molecule has 0 saturated heterocycles. The monoisotopic (exact) mass is 262 g/mol. The summed E-state index contributed by atoms with van der Waals surface area (Å²) in [6, 6.07) is 9.98. The zero-order chi connectivity index (χ0) is 13.7. The molecule has 1 aliphatic rings. The van der Waals surface area contributed by atoms with Crippen LogP contribution in [0.2, 0.25) is 0 Å². The van der Waals surface area contributed by atoms with Crippen LogP contribution in [0.1, 0.15) is 24.8 Å². The van der Waals surface area contributed by atoms with Gasteiger partial charge in [-0.25, -0.2) is 4.79 Å². The summed E-state index contributed by atoms with van der Waals surface area (Å²) in [5, 5.41) is 0. The maximum Gasteiger partial charge on any atom is 0.373 e. The van der Waals surface area contributed by atoms with Gasteiger partial charge in [0.05, 0.1) is 6.61 Å². The van der Waals surface area contributed by atoms with Crippen LogP contribution in [0, 0.1) is 0 Å². The summed E-state index contributed by atoms with van der Waals surface area (Å²) in [5.74, 6) is -0.113. The number of ether oxygens (including phenoxy) is 3. The van der Waals surface area contributed by atoms with E-state index in [-0.39, 0.29) is 11.7 Å². The van der Waals surface area contributed by atoms with Crippen molar-refractivity contribution in [2.45, 2.75) is 25.6 Å². The summed E-state index contributed by atoms with van der Waals surface area (Å²) in [4.78, 5) is 11.8. The van der Waals surface area contributed by atoms with E-state index in [4.69, 9.17) is 14.2 Å². The van der Waals surface area contributed by atoms with Gasteiger partial charge in [0.25, 0.3) is 0 Å². The first kappa shape index (κ1) is 13.6. The molecule has 0 N–H and O–H groups in total. The lowest BCUT2D eigenvalue weighted by Crippen LogP contribution is -2.26. The Bertz CT molecular complexity index is 452. The van der Waals surface area contributed by atoms with Crippen LogP contribution in [0.4, 0.5) is 0 Å². The molecule has 19 heavy (non-hydrogen) atoms. The molecular weight excluding hydrogens is 244 g/mol. The Labute approximate surface area is 113 Å². The van der Waals surface area contributed by atoms with Gasteiger partial charge in [-0.2, -0.15) is 0 Å². The van der Waals surface area contributed by atoms with E-state index in [2.05, 4.69) is 0 Å². The van der Waals surface area contributed by atoms with Crippen molar-refractivity contribution >= 4 is 5.97 Å². The fourth-order valence-electron chi connectivity index (χ4n) is 2.08. The quantitative estimate of drug-likeness (QED) is 0.782. The summed E-state index contributed by atoms with van der Waals surface area (Å²) >= 11 is 0. The van der Waals surface area contributed by atoms with E-state index in [1.165, 1.54) is 0 Å². The molecule has 102 valence electrons. The minimum atomic E-state index is -0.440. The first-order valence-corrected chi connectivity index (χ1v) is 6.38. The van der Waals surface area contributed by atoms with Crippen LogP contribution in [0.5, 0.6) is 0 Å². The lowest BCUT2D eigenvalue weighted by atomic mass is 9.93. The van der Waals surface area contributed by atoms with Crippen LogP contribution in [-0.4, -0.2) is 26.0 Å². The second kappa shape index (κ2) is 6.38. The first-order valence-electron chi connectivity index (χ1n) is 6.38. The van der Waals surface area contributed by atoms with E-state index in [1.807, 2.05) is 36.4 Å². The fourth-order valence-corrected chi connectivity index (χ4v) is 2.08. The average molecular weight is 262 g/mol. The largest absolute Gasteiger partial charge is 0.460 e. The Morgan fingerprint density at radius 3 is 2.74 bits per heavy atom. The second-order valence-electron chi connectivity index (χ2n) is 4.29. The smallest absolute Gasteiger partial charge is 0.373 e. The molecule has 0 fully saturated rings. The molecule has 0 aliphatic carbocycles. The third kappa shape index (κ3) is 3.35. The van der Waals surface area contributed by atoms with Crippen molar-refractivity contribution in [3.05, 3.63) is 47.7 Å². The molecule has 1 heterocycles. The highest BCUT2D eigenvalue weighted by Crippen LogP contribution is 2.31. The van der Waals surface area contributed by atoms with Crippen molar-refractivity contribution in [3.8, 4) is 0 Å². The van der Waals surface area contributed by atoms with Crippen LogP contribution in [0.25, 0.3) is 0 Å². The Morgan fingerprint density at radius 1 is 1.37 bits per heavy atom.